The second-order valence-electron chi connectivity index (χ2n) is 3.67. The van der Waals surface area contributed by atoms with E-state index in [1.165, 1.54) is 17.8 Å². The molecule has 1 saturated carbocycles. The van der Waals surface area contributed by atoms with Crippen molar-refractivity contribution < 1.29 is 4.79 Å². The van der Waals surface area contributed by atoms with E-state index < -0.39 is 0 Å². The minimum absolute atomic E-state index is 0.0190. The van der Waals surface area contributed by atoms with E-state index in [4.69, 9.17) is 11.6 Å². The van der Waals surface area contributed by atoms with Crippen LogP contribution in [0.1, 0.15) is 29.6 Å². The number of rotatable bonds is 2. The molecule has 0 spiro atoms. The van der Waals surface area contributed by atoms with Crippen LogP contribution in [0.5, 0.6) is 0 Å². The first kappa shape index (κ1) is 11.4. The second kappa shape index (κ2) is 4.85. The zero-order valence-electron chi connectivity index (χ0n) is 8.00. The summed E-state index contributed by atoms with van der Waals surface area (Å²) in [5, 5.41) is 4.81. The van der Waals surface area contributed by atoms with Gasteiger partial charge in [-0.2, -0.15) is 0 Å². The minimum atomic E-state index is -0.0190. The van der Waals surface area contributed by atoms with Crippen LogP contribution < -0.4 is 5.32 Å². The molecule has 2 unspecified atom stereocenters. The molecule has 2 nitrogen and oxygen atoms in total. The van der Waals surface area contributed by atoms with E-state index in [-0.39, 0.29) is 11.9 Å². The number of halogens is 2. The number of carbonyl (C=O) groups excluding carboxylic acids is 1. The molecule has 1 heterocycles. The monoisotopic (exact) mass is 307 g/mol. The van der Waals surface area contributed by atoms with Crippen molar-refractivity contribution in [3.05, 3.63) is 21.3 Å². The maximum Gasteiger partial charge on any atom is 0.252 e. The van der Waals surface area contributed by atoms with Crippen molar-refractivity contribution in [2.24, 2.45) is 0 Å². The highest BCUT2D eigenvalue weighted by Crippen LogP contribution is 2.26. The number of alkyl halides is 1. The Hall–Kier alpha value is -0.0600. The normalized spacial score (nSPS) is 25.5. The van der Waals surface area contributed by atoms with Gasteiger partial charge in [-0.3, -0.25) is 4.79 Å². The van der Waals surface area contributed by atoms with Gasteiger partial charge in [-0.05, 0) is 18.9 Å². The second-order valence-corrected chi connectivity index (χ2v) is 6.39. The van der Waals surface area contributed by atoms with E-state index in [1.807, 2.05) is 0 Å². The molecule has 0 radical (unpaired) electrons. The van der Waals surface area contributed by atoms with E-state index in [2.05, 4.69) is 21.2 Å². The Morgan fingerprint density at radius 1 is 1.60 bits per heavy atom. The van der Waals surface area contributed by atoms with Gasteiger partial charge in [0.05, 0.1) is 9.90 Å². The molecule has 1 aromatic heterocycles. The third-order valence-corrected chi connectivity index (χ3v) is 4.76. The van der Waals surface area contributed by atoms with Gasteiger partial charge in [0, 0.05) is 16.2 Å². The molecule has 1 aliphatic carbocycles. The molecule has 0 saturated heterocycles. The number of carbonyl (C=O) groups is 1. The summed E-state index contributed by atoms with van der Waals surface area (Å²) in [6.45, 7) is 0. The maximum atomic E-state index is 11.8. The van der Waals surface area contributed by atoms with Crippen molar-refractivity contribution in [1.29, 1.82) is 0 Å². The first-order chi connectivity index (χ1) is 7.16. The van der Waals surface area contributed by atoms with E-state index >= 15 is 0 Å². The highest BCUT2D eigenvalue weighted by atomic mass is 79.9. The van der Waals surface area contributed by atoms with Crippen LogP contribution in [0.25, 0.3) is 0 Å². The highest BCUT2D eigenvalue weighted by molar-refractivity contribution is 9.09. The SMILES string of the molecule is O=C(NC1CCCC1Br)c1csc(Cl)c1. The zero-order valence-corrected chi connectivity index (χ0v) is 11.2. The molecule has 0 aliphatic heterocycles. The van der Waals surface area contributed by atoms with Crippen LogP contribution in [0, 0.1) is 0 Å². The van der Waals surface area contributed by atoms with E-state index in [9.17, 15) is 4.79 Å². The number of thiophene rings is 1. The van der Waals surface area contributed by atoms with Gasteiger partial charge < -0.3 is 5.32 Å². The first-order valence-electron chi connectivity index (χ1n) is 4.86. The Bertz CT molecular complexity index is 368. The lowest BCUT2D eigenvalue weighted by Gasteiger charge is -2.15. The summed E-state index contributed by atoms with van der Waals surface area (Å²) in [6.07, 6.45) is 3.36. The fraction of sp³-hybridized carbons (Fsp3) is 0.500. The van der Waals surface area contributed by atoms with Gasteiger partial charge in [-0.1, -0.05) is 34.0 Å². The Kier molecular flexibility index (Phi) is 3.69. The van der Waals surface area contributed by atoms with E-state index in [0.29, 0.717) is 14.7 Å². The van der Waals surface area contributed by atoms with Gasteiger partial charge in [0.15, 0.2) is 0 Å². The van der Waals surface area contributed by atoms with Gasteiger partial charge in [0.2, 0.25) is 0 Å². The molecule has 2 rings (SSSR count). The van der Waals surface area contributed by atoms with Crippen LogP contribution in [0.2, 0.25) is 4.34 Å². The smallest absolute Gasteiger partial charge is 0.252 e. The topological polar surface area (TPSA) is 29.1 Å². The molecule has 1 N–H and O–H groups in total. The molecule has 1 aliphatic rings. The van der Waals surface area contributed by atoms with Crippen molar-refractivity contribution >= 4 is 44.8 Å². The van der Waals surface area contributed by atoms with Gasteiger partial charge >= 0.3 is 0 Å². The van der Waals surface area contributed by atoms with Gasteiger partial charge in [0.1, 0.15) is 0 Å². The molecule has 1 amide bonds. The number of amides is 1. The van der Waals surface area contributed by atoms with Gasteiger partial charge in [0.25, 0.3) is 5.91 Å². The van der Waals surface area contributed by atoms with Crippen LogP contribution in [-0.4, -0.2) is 16.8 Å². The summed E-state index contributed by atoms with van der Waals surface area (Å²) in [4.78, 5) is 12.2. The summed E-state index contributed by atoms with van der Waals surface area (Å²) in [7, 11) is 0. The largest absolute Gasteiger partial charge is 0.348 e. The van der Waals surface area contributed by atoms with Crippen LogP contribution in [0.15, 0.2) is 11.4 Å². The zero-order chi connectivity index (χ0) is 10.8. The average molecular weight is 309 g/mol. The lowest BCUT2D eigenvalue weighted by molar-refractivity contribution is 0.0939. The van der Waals surface area contributed by atoms with Gasteiger partial charge in [-0.15, -0.1) is 11.3 Å². The van der Waals surface area contributed by atoms with Gasteiger partial charge in [-0.25, -0.2) is 0 Å². The molecule has 82 valence electrons. The minimum Gasteiger partial charge on any atom is -0.348 e. The van der Waals surface area contributed by atoms with Crippen molar-refractivity contribution in [2.45, 2.75) is 30.1 Å². The van der Waals surface area contributed by atoms with Crippen LogP contribution in [-0.2, 0) is 0 Å². The molecular weight excluding hydrogens is 298 g/mol. The summed E-state index contributed by atoms with van der Waals surface area (Å²) in [6, 6.07) is 1.97. The average Bonchev–Trinajstić information content (AvgIpc) is 2.77. The fourth-order valence-electron chi connectivity index (χ4n) is 1.76. The third kappa shape index (κ3) is 2.74. The molecule has 1 fully saturated rings. The molecular formula is C10H11BrClNOS. The van der Waals surface area contributed by atoms with Crippen molar-refractivity contribution in [3.63, 3.8) is 0 Å². The lowest BCUT2D eigenvalue weighted by Crippen LogP contribution is -2.37. The van der Waals surface area contributed by atoms with E-state index in [1.54, 1.807) is 11.4 Å². The van der Waals surface area contributed by atoms with Crippen molar-refractivity contribution in [2.75, 3.05) is 0 Å². The van der Waals surface area contributed by atoms with Crippen molar-refractivity contribution in [3.8, 4) is 0 Å². The van der Waals surface area contributed by atoms with E-state index in [0.717, 1.165) is 12.8 Å². The molecule has 5 heteroatoms. The summed E-state index contributed by atoms with van der Waals surface area (Å²) in [5.41, 5.74) is 0.664. The first-order valence-corrected chi connectivity index (χ1v) is 7.03. The molecule has 0 aromatic carbocycles. The van der Waals surface area contributed by atoms with Crippen molar-refractivity contribution in [1.82, 2.24) is 5.32 Å². The number of nitrogens with one attached hydrogen (secondary N) is 1. The van der Waals surface area contributed by atoms with Crippen LogP contribution >= 0.6 is 38.9 Å². The summed E-state index contributed by atoms with van der Waals surface area (Å²) >= 11 is 10.7. The summed E-state index contributed by atoms with van der Waals surface area (Å²) < 4.78 is 0.655. The predicted octanol–water partition coefficient (Wildman–Crippen LogP) is 3.45. The predicted molar refractivity (Wildman–Crippen MR) is 67.1 cm³/mol. The number of hydrogen-bond donors (Lipinski definition) is 1. The fourth-order valence-corrected chi connectivity index (χ4v) is 3.34. The van der Waals surface area contributed by atoms with Crippen LogP contribution in [0.4, 0.5) is 0 Å². The lowest BCUT2D eigenvalue weighted by atomic mass is 10.2. The Morgan fingerprint density at radius 3 is 2.93 bits per heavy atom. The Morgan fingerprint density at radius 2 is 2.40 bits per heavy atom. The highest BCUT2D eigenvalue weighted by Gasteiger charge is 2.26. The summed E-state index contributed by atoms with van der Waals surface area (Å²) in [5.74, 6) is -0.0190. The molecule has 0 bridgehead atoms. The Labute approximate surface area is 106 Å². The molecule has 1 aromatic rings. The quantitative estimate of drug-likeness (QED) is 0.833. The molecule has 2 atom stereocenters. The number of hydrogen-bond acceptors (Lipinski definition) is 2. The standard InChI is InChI=1S/C10H11BrClNOS/c11-7-2-1-3-8(7)13-10(14)6-4-9(12)15-5-6/h4-5,7-8H,1-3H2,(H,13,14). The Balaban J connectivity index is 1.97. The van der Waals surface area contributed by atoms with Crippen LogP contribution in [0.3, 0.4) is 0 Å². The molecule has 15 heavy (non-hydrogen) atoms. The maximum absolute atomic E-state index is 11.8. The third-order valence-electron chi connectivity index (χ3n) is 2.58.